The zero-order chi connectivity index (χ0) is 25.0. The van der Waals surface area contributed by atoms with Crippen LogP contribution in [-0.2, 0) is 4.79 Å². The highest BCUT2D eigenvalue weighted by molar-refractivity contribution is 5.85. The van der Waals surface area contributed by atoms with Crippen LogP contribution < -0.4 is 5.32 Å². The maximum absolute atomic E-state index is 13.2. The van der Waals surface area contributed by atoms with Gasteiger partial charge >= 0.3 is 24.0 Å². The zero-order valence-corrected chi connectivity index (χ0v) is 18.2. The monoisotopic (exact) mass is 485 g/mol. The summed E-state index contributed by atoms with van der Waals surface area (Å²) < 4.78 is 88.0. The molecule has 33 heavy (non-hydrogen) atoms. The summed E-state index contributed by atoms with van der Waals surface area (Å²) >= 11 is 0. The van der Waals surface area contributed by atoms with E-state index in [1.807, 2.05) is 24.3 Å². The predicted molar refractivity (Wildman–Crippen MR) is 114 cm³/mol. The topological polar surface area (TPSA) is 49.3 Å². The first-order valence-corrected chi connectivity index (χ1v) is 10.9. The first-order chi connectivity index (χ1) is 15.4. The average Bonchev–Trinajstić information content (AvgIpc) is 2.72. The average molecular weight is 485 g/mol. The third kappa shape index (κ3) is 10.5. The fraction of sp³-hybridized carbons (Fsp3) is 0.609. The van der Waals surface area contributed by atoms with E-state index in [2.05, 4.69) is 5.32 Å². The van der Waals surface area contributed by atoms with Crippen molar-refractivity contribution >= 4 is 17.7 Å². The third-order valence-corrected chi connectivity index (χ3v) is 5.14. The Bertz CT molecular complexity index is 731. The molecule has 0 saturated heterocycles. The standard InChI is InChI=1S/C23H30F7NO2/c24-21(25,22(26,27)23(28,29)30)16-8-6-4-2-1-3-5-7-9-17-31-19-13-10-18(11-14-19)12-15-20(32)33/h10-15,31H,1-9,16-17H2,(H,32,33). The van der Waals surface area contributed by atoms with Crippen molar-refractivity contribution in [1.82, 2.24) is 0 Å². The highest BCUT2D eigenvalue weighted by Gasteiger charge is 2.72. The highest BCUT2D eigenvalue weighted by atomic mass is 19.4. The van der Waals surface area contributed by atoms with Crippen molar-refractivity contribution in [3.63, 3.8) is 0 Å². The van der Waals surface area contributed by atoms with Crippen molar-refractivity contribution in [2.24, 2.45) is 0 Å². The number of aliphatic carboxylic acids is 1. The summed E-state index contributed by atoms with van der Waals surface area (Å²) in [6, 6.07) is 7.35. The number of hydrogen-bond donors (Lipinski definition) is 2. The van der Waals surface area contributed by atoms with Gasteiger partial charge in [-0.2, -0.15) is 30.7 Å². The molecule has 0 saturated carbocycles. The molecular formula is C23H30F7NO2. The van der Waals surface area contributed by atoms with Crippen LogP contribution in [0.2, 0.25) is 0 Å². The smallest absolute Gasteiger partial charge is 0.459 e. The second-order valence-electron chi connectivity index (χ2n) is 7.93. The number of unbranched alkanes of at least 4 members (excludes halogenated alkanes) is 8. The summed E-state index contributed by atoms with van der Waals surface area (Å²) in [7, 11) is 0. The molecule has 0 fully saturated rings. The number of carbonyl (C=O) groups is 1. The lowest BCUT2D eigenvalue weighted by Crippen LogP contribution is -2.51. The van der Waals surface area contributed by atoms with E-state index in [0.717, 1.165) is 62.4 Å². The van der Waals surface area contributed by atoms with Gasteiger partial charge in [0.25, 0.3) is 0 Å². The van der Waals surface area contributed by atoms with Gasteiger partial charge in [0.2, 0.25) is 0 Å². The van der Waals surface area contributed by atoms with Crippen LogP contribution in [0.15, 0.2) is 30.3 Å². The van der Waals surface area contributed by atoms with Gasteiger partial charge in [0.05, 0.1) is 0 Å². The summed E-state index contributed by atoms with van der Waals surface area (Å²) in [5.74, 6) is -12.1. The maximum atomic E-state index is 13.2. The molecule has 0 bridgehead atoms. The van der Waals surface area contributed by atoms with E-state index < -0.39 is 30.4 Å². The summed E-state index contributed by atoms with van der Waals surface area (Å²) in [6.45, 7) is 0.779. The largest absolute Gasteiger partial charge is 0.478 e. The minimum absolute atomic E-state index is 0.193. The van der Waals surface area contributed by atoms with Crippen molar-refractivity contribution in [2.45, 2.75) is 82.2 Å². The molecule has 0 aliphatic heterocycles. The summed E-state index contributed by atoms with van der Waals surface area (Å²) in [4.78, 5) is 10.5. The number of alkyl halides is 7. The quantitative estimate of drug-likeness (QED) is 0.142. The Balaban J connectivity index is 2.04. The van der Waals surface area contributed by atoms with E-state index in [1.165, 1.54) is 6.08 Å². The van der Waals surface area contributed by atoms with Gasteiger partial charge in [0.15, 0.2) is 0 Å². The van der Waals surface area contributed by atoms with E-state index >= 15 is 0 Å². The lowest BCUT2D eigenvalue weighted by molar-refractivity contribution is -0.355. The predicted octanol–water partition coefficient (Wildman–Crippen LogP) is 7.93. The highest BCUT2D eigenvalue weighted by Crippen LogP contribution is 2.48. The van der Waals surface area contributed by atoms with Gasteiger partial charge in [0.1, 0.15) is 0 Å². The van der Waals surface area contributed by atoms with Crippen molar-refractivity contribution in [3.05, 3.63) is 35.9 Å². The molecule has 1 aromatic rings. The van der Waals surface area contributed by atoms with Crippen LogP contribution in [0.1, 0.15) is 69.8 Å². The normalized spacial score (nSPS) is 12.9. The Morgan fingerprint density at radius 3 is 1.76 bits per heavy atom. The van der Waals surface area contributed by atoms with Crippen LogP contribution in [0.4, 0.5) is 36.4 Å². The molecule has 0 aliphatic carbocycles. The van der Waals surface area contributed by atoms with Crippen molar-refractivity contribution < 1.29 is 40.6 Å². The van der Waals surface area contributed by atoms with Gasteiger partial charge in [-0.3, -0.25) is 0 Å². The van der Waals surface area contributed by atoms with Crippen molar-refractivity contribution in [2.75, 3.05) is 11.9 Å². The van der Waals surface area contributed by atoms with Crippen molar-refractivity contribution in [1.29, 1.82) is 0 Å². The Hall–Kier alpha value is -2.26. The number of nitrogens with one attached hydrogen (secondary N) is 1. The third-order valence-electron chi connectivity index (χ3n) is 5.14. The van der Waals surface area contributed by atoms with E-state index in [-0.39, 0.29) is 12.8 Å². The van der Waals surface area contributed by atoms with Crippen molar-refractivity contribution in [3.8, 4) is 0 Å². The second-order valence-corrected chi connectivity index (χ2v) is 7.93. The second kappa shape index (κ2) is 13.4. The summed E-state index contributed by atoms with van der Waals surface area (Å²) in [5, 5.41) is 11.9. The first kappa shape index (κ1) is 28.8. The number of hydrogen-bond acceptors (Lipinski definition) is 2. The summed E-state index contributed by atoms with van der Waals surface area (Å²) in [6.07, 6.45) is 0.626. The number of rotatable bonds is 16. The molecule has 1 rings (SSSR count). The number of carboxylic acid groups (broad SMARTS) is 1. The lowest BCUT2D eigenvalue weighted by Gasteiger charge is -2.28. The SMILES string of the molecule is O=C(O)C=Cc1ccc(NCCCCCCCCCCCC(F)(F)C(F)(F)C(F)(F)F)cc1. The molecule has 188 valence electrons. The Labute approximate surface area is 189 Å². The van der Waals surface area contributed by atoms with Gasteiger partial charge in [0, 0.05) is 24.7 Å². The Morgan fingerprint density at radius 2 is 1.27 bits per heavy atom. The minimum Gasteiger partial charge on any atom is -0.478 e. The molecule has 0 unspecified atom stereocenters. The molecule has 0 heterocycles. The van der Waals surface area contributed by atoms with Crippen LogP contribution in [-0.4, -0.2) is 35.6 Å². The van der Waals surface area contributed by atoms with Crippen LogP contribution in [0.3, 0.4) is 0 Å². The van der Waals surface area contributed by atoms with E-state index in [4.69, 9.17) is 5.11 Å². The van der Waals surface area contributed by atoms with Gasteiger partial charge < -0.3 is 10.4 Å². The fourth-order valence-electron chi connectivity index (χ4n) is 3.19. The summed E-state index contributed by atoms with van der Waals surface area (Å²) in [5.41, 5.74) is 1.72. The van der Waals surface area contributed by atoms with Crippen LogP contribution in [0.5, 0.6) is 0 Å². The number of carboxylic acids is 1. The van der Waals surface area contributed by atoms with E-state index in [1.54, 1.807) is 0 Å². The number of benzene rings is 1. The fourth-order valence-corrected chi connectivity index (χ4v) is 3.19. The molecule has 0 aliphatic rings. The lowest BCUT2D eigenvalue weighted by atomic mass is 10.0. The molecule has 10 heteroatoms. The molecule has 1 aromatic carbocycles. The molecule has 3 nitrogen and oxygen atoms in total. The van der Waals surface area contributed by atoms with Crippen LogP contribution in [0, 0.1) is 0 Å². The Kier molecular flexibility index (Phi) is 11.7. The van der Waals surface area contributed by atoms with Gasteiger partial charge in [-0.1, -0.05) is 57.1 Å². The molecule has 0 spiro atoms. The Morgan fingerprint density at radius 1 is 0.788 bits per heavy atom. The van der Waals surface area contributed by atoms with E-state index in [0.29, 0.717) is 6.42 Å². The number of anilines is 1. The number of halogens is 7. The first-order valence-electron chi connectivity index (χ1n) is 10.9. The molecule has 0 amide bonds. The molecule has 0 aromatic heterocycles. The van der Waals surface area contributed by atoms with E-state index in [9.17, 15) is 35.5 Å². The van der Waals surface area contributed by atoms with Crippen LogP contribution >= 0.6 is 0 Å². The molecule has 0 atom stereocenters. The minimum atomic E-state index is -6.25. The van der Waals surface area contributed by atoms with Gasteiger partial charge in [-0.25, -0.2) is 4.79 Å². The molecular weight excluding hydrogens is 455 g/mol. The zero-order valence-electron chi connectivity index (χ0n) is 18.2. The van der Waals surface area contributed by atoms with Gasteiger partial charge in [-0.15, -0.1) is 0 Å². The molecule has 0 radical (unpaired) electrons. The van der Waals surface area contributed by atoms with Crippen LogP contribution in [0.25, 0.3) is 6.08 Å². The maximum Gasteiger partial charge on any atom is 0.459 e. The molecule has 2 N–H and O–H groups in total. The van der Waals surface area contributed by atoms with Gasteiger partial charge in [-0.05, 0) is 36.6 Å².